The van der Waals surface area contributed by atoms with Crippen molar-refractivity contribution in [2.45, 2.75) is 31.9 Å². The number of carbonyl (C=O) groups excluding carboxylic acids is 1. The lowest BCUT2D eigenvalue weighted by Crippen LogP contribution is -2.49. The largest absolute Gasteiger partial charge is 0.480 e. The van der Waals surface area contributed by atoms with E-state index in [1.807, 2.05) is 4.90 Å². The van der Waals surface area contributed by atoms with Crippen LogP contribution in [-0.4, -0.2) is 65.6 Å². The number of aliphatic carboxylic acids is 1. The molecule has 0 spiro atoms. The number of nitrogens with zero attached hydrogens (tertiary/aromatic N) is 2. The van der Waals surface area contributed by atoms with E-state index in [0.29, 0.717) is 23.9 Å². The average Bonchev–Trinajstić information content (AvgIpc) is 2.57. The summed E-state index contributed by atoms with van der Waals surface area (Å²) in [6.07, 6.45) is 0.796. The highest BCUT2D eigenvalue weighted by atomic mass is 35.5. The molecule has 2 rings (SSSR count). The Labute approximate surface area is 157 Å². The zero-order valence-electron chi connectivity index (χ0n) is 14.2. The third-order valence-corrected chi connectivity index (χ3v) is 5.15. The van der Waals surface area contributed by atoms with Gasteiger partial charge in [0, 0.05) is 19.1 Å². The Morgan fingerprint density at radius 3 is 2.60 bits per heavy atom. The smallest absolute Gasteiger partial charge is 0.317 e. The van der Waals surface area contributed by atoms with E-state index >= 15 is 0 Å². The van der Waals surface area contributed by atoms with Gasteiger partial charge in [0.15, 0.2) is 6.10 Å². The highest BCUT2D eigenvalue weighted by Crippen LogP contribution is 2.32. The number of rotatable bonds is 6. The number of halogens is 2. The first-order chi connectivity index (χ1) is 11.8. The first kappa shape index (κ1) is 19.8. The van der Waals surface area contributed by atoms with Crippen LogP contribution in [-0.2, 0) is 9.59 Å². The van der Waals surface area contributed by atoms with Crippen LogP contribution in [0.1, 0.15) is 19.8 Å². The lowest BCUT2D eigenvalue weighted by atomic mass is 10.0. The van der Waals surface area contributed by atoms with Crippen LogP contribution in [0.25, 0.3) is 0 Å². The molecule has 25 heavy (non-hydrogen) atoms. The molecule has 0 bridgehead atoms. The summed E-state index contributed by atoms with van der Waals surface area (Å²) in [5.41, 5.74) is 0. The summed E-state index contributed by atoms with van der Waals surface area (Å²) < 4.78 is 5.67. The fraction of sp³-hybridized carbons (Fsp3) is 0.529. The van der Waals surface area contributed by atoms with Crippen LogP contribution in [0.3, 0.4) is 0 Å². The summed E-state index contributed by atoms with van der Waals surface area (Å²) in [6, 6.07) is 5.20. The SMILES string of the molecule is C[C@@H](Oc1cccc(Cl)c1Cl)C(=O)N1CCC(N(C)CC(=O)O)CC1. The second-order valence-corrected chi connectivity index (χ2v) is 6.96. The Balaban J connectivity index is 1.89. The second kappa shape index (κ2) is 8.74. The van der Waals surface area contributed by atoms with Gasteiger partial charge in [-0.1, -0.05) is 29.3 Å². The molecule has 0 saturated carbocycles. The minimum Gasteiger partial charge on any atom is -0.480 e. The normalized spacial score (nSPS) is 16.8. The van der Waals surface area contributed by atoms with E-state index in [2.05, 4.69) is 0 Å². The van der Waals surface area contributed by atoms with Crippen molar-refractivity contribution in [3.05, 3.63) is 28.2 Å². The zero-order valence-corrected chi connectivity index (χ0v) is 15.8. The average molecular weight is 389 g/mol. The molecule has 0 radical (unpaired) electrons. The number of benzene rings is 1. The summed E-state index contributed by atoms with van der Waals surface area (Å²) in [6.45, 7) is 2.84. The fourth-order valence-corrected chi connectivity index (χ4v) is 3.28. The van der Waals surface area contributed by atoms with Gasteiger partial charge in [-0.2, -0.15) is 0 Å². The monoisotopic (exact) mass is 388 g/mol. The summed E-state index contributed by atoms with van der Waals surface area (Å²) in [4.78, 5) is 26.9. The van der Waals surface area contributed by atoms with Gasteiger partial charge in [0.25, 0.3) is 5.91 Å². The molecule has 1 aromatic rings. The van der Waals surface area contributed by atoms with E-state index < -0.39 is 12.1 Å². The standard InChI is InChI=1S/C17H22Cl2N2O4/c1-11(25-14-5-3-4-13(18)16(14)19)17(24)21-8-6-12(7-9-21)20(2)10-15(22)23/h3-5,11-12H,6-10H2,1-2H3,(H,22,23)/t11-/m1/s1. The number of amides is 1. The highest BCUT2D eigenvalue weighted by Gasteiger charge is 2.29. The van der Waals surface area contributed by atoms with E-state index in [-0.39, 0.29) is 23.5 Å². The molecule has 1 saturated heterocycles. The van der Waals surface area contributed by atoms with Gasteiger partial charge in [0.1, 0.15) is 10.8 Å². The van der Waals surface area contributed by atoms with Crippen molar-refractivity contribution < 1.29 is 19.4 Å². The second-order valence-electron chi connectivity index (χ2n) is 6.18. The Morgan fingerprint density at radius 1 is 1.36 bits per heavy atom. The minimum atomic E-state index is -0.846. The zero-order chi connectivity index (χ0) is 18.6. The van der Waals surface area contributed by atoms with Crippen molar-refractivity contribution in [3.8, 4) is 5.75 Å². The van der Waals surface area contributed by atoms with Crippen molar-refractivity contribution >= 4 is 35.1 Å². The van der Waals surface area contributed by atoms with Crippen LogP contribution >= 0.6 is 23.2 Å². The Bertz CT molecular complexity index is 633. The molecule has 0 aliphatic carbocycles. The third-order valence-electron chi connectivity index (χ3n) is 4.35. The number of ether oxygens (including phenoxy) is 1. The van der Waals surface area contributed by atoms with E-state index in [9.17, 15) is 9.59 Å². The van der Waals surface area contributed by atoms with Crippen LogP contribution in [0.5, 0.6) is 5.75 Å². The number of carboxylic acids is 1. The molecule has 1 N–H and O–H groups in total. The first-order valence-electron chi connectivity index (χ1n) is 8.11. The molecule has 1 aromatic carbocycles. The number of hydrogen-bond donors (Lipinski definition) is 1. The summed E-state index contributed by atoms with van der Waals surface area (Å²) in [5, 5.41) is 9.53. The number of carboxylic acid groups (broad SMARTS) is 1. The molecule has 0 aromatic heterocycles. The highest BCUT2D eigenvalue weighted by molar-refractivity contribution is 6.42. The van der Waals surface area contributed by atoms with Gasteiger partial charge in [-0.05, 0) is 38.9 Å². The molecule has 1 aliphatic rings. The fourth-order valence-electron chi connectivity index (χ4n) is 2.94. The molecule has 1 atom stereocenters. The predicted octanol–water partition coefficient (Wildman–Crippen LogP) is 2.77. The van der Waals surface area contributed by atoms with Crippen molar-refractivity contribution in [1.82, 2.24) is 9.80 Å². The maximum atomic E-state index is 12.6. The number of likely N-dealkylation sites (tertiary alicyclic amines) is 1. The predicted molar refractivity (Wildman–Crippen MR) is 96.4 cm³/mol. The van der Waals surface area contributed by atoms with E-state index in [4.69, 9.17) is 33.0 Å². The molecule has 1 aliphatic heterocycles. The quantitative estimate of drug-likeness (QED) is 0.810. The molecule has 6 nitrogen and oxygen atoms in total. The van der Waals surface area contributed by atoms with Crippen LogP contribution in [0, 0.1) is 0 Å². The number of likely N-dealkylation sites (N-methyl/N-ethyl adjacent to an activating group) is 1. The maximum absolute atomic E-state index is 12.6. The van der Waals surface area contributed by atoms with Gasteiger partial charge in [-0.25, -0.2) is 0 Å². The van der Waals surface area contributed by atoms with Crippen LogP contribution in [0.15, 0.2) is 18.2 Å². The first-order valence-corrected chi connectivity index (χ1v) is 8.86. The molecular weight excluding hydrogens is 367 g/mol. The van der Waals surface area contributed by atoms with Gasteiger partial charge < -0.3 is 14.7 Å². The Hall–Kier alpha value is -1.50. The van der Waals surface area contributed by atoms with E-state index in [1.54, 1.807) is 37.1 Å². The van der Waals surface area contributed by atoms with Crippen molar-refractivity contribution in [1.29, 1.82) is 0 Å². The minimum absolute atomic E-state index is 0.00535. The molecule has 1 heterocycles. The van der Waals surface area contributed by atoms with Gasteiger partial charge in [0.2, 0.25) is 0 Å². The van der Waals surface area contributed by atoms with Crippen LogP contribution < -0.4 is 4.74 Å². The molecule has 1 fully saturated rings. The van der Waals surface area contributed by atoms with Crippen molar-refractivity contribution in [3.63, 3.8) is 0 Å². The van der Waals surface area contributed by atoms with Gasteiger partial charge in [0.05, 0.1) is 11.6 Å². The number of carbonyl (C=O) groups is 2. The van der Waals surface area contributed by atoms with E-state index in [1.165, 1.54) is 0 Å². The molecule has 8 heteroatoms. The number of hydrogen-bond acceptors (Lipinski definition) is 4. The maximum Gasteiger partial charge on any atom is 0.317 e. The Morgan fingerprint density at radius 2 is 2.00 bits per heavy atom. The van der Waals surface area contributed by atoms with Crippen LogP contribution in [0.4, 0.5) is 0 Å². The van der Waals surface area contributed by atoms with Gasteiger partial charge >= 0.3 is 5.97 Å². The summed E-state index contributed by atoms with van der Waals surface area (Å²) >= 11 is 12.0. The lowest BCUT2D eigenvalue weighted by molar-refractivity contribution is -0.141. The van der Waals surface area contributed by atoms with E-state index in [0.717, 1.165) is 12.8 Å². The van der Waals surface area contributed by atoms with Crippen LogP contribution in [0.2, 0.25) is 10.0 Å². The van der Waals surface area contributed by atoms with Gasteiger partial charge in [-0.15, -0.1) is 0 Å². The molecule has 1 amide bonds. The van der Waals surface area contributed by atoms with Gasteiger partial charge in [-0.3, -0.25) is 14.5 Å². The summed E-state index contributed by atoms with van der Waals surface area (Å²) in [5.74, 6) is -0.581. The Kier molecular flexibility index (Phi) is 6.93. The third kappa shape index (κ3) is 5.23. The van der Waals surface area contributed by atoms with Crippen molar-refractivity contribution in [2.24, 2.45) is 0 Å². The lowest BCUT2D eigenvalue weighted by Gasteiger charge is -2.37. The number of piperidine rings is 1. The molecule has 138 valence electrons. The topological polar surface area (TPSA) is 70.1 Å². The molecule has 0 unspecified atom stereocenters. The molecular formula is C17H22Cl2N2O4. The van der Waals surface area contributed by atoms with Crippen molar-refractivity contribution in [2.75, 3.05) is 26.7 Å². The summed E-state index contributed by atoms with van der Waals surface area (Å²) in [7, 11) is 1.79.